The quantitative estimate of drug-likeness (QED) is 0.780. The van der Waals surface area contributed by atoms with Gasteiger partial charge in [0.2, 0.25) is 5.91 Å². The molecule has 0 aromatic carbocycles. The Balaban J connectivity index is 1.68. The summed E-state index contributed by atoms with van der Waals surface area (Å²) in [5.74, 6) is 0.191. The molecule has 1 heterocycles. The van der Waals surface area contributed by atoms with Crippen LogP contribution in [-0.4, -0.2) is 37.7 Å². The van der Waals surface area contributed by atoms with Crippen molar-refractivity contribution in [2.24, 2.45) is 5.41 Å². The summed E-state index contributed by atoms with van der Waals surface area (Å²) in [6.45, 7) is 5.43. The Hall–Kier alpha value is -0.610. The van der Waals surface area contributed by atoms with Crippen LogP contribution in [0.5, 0.6) is 0 Å². The zero-order valence-electron chi connectivity index (χ0n) is 11.8. The number of ether oxygens (including phenoxy) is 1. The van der Waals surface area contributed by atoms with Crippen molar-refractivity contribution < 1.29 is 9.53 Å². The number of rotatable bonds is 5. The van der Waals surface area contributed by atoms with Crippen molar-refractivity contribution in [3.05, 3.63) is 0 Å². The predicted octanol–water partition coefficient (Wildman–Crippen LogP) is 1.45. The van der Waals surface area contributed by atoms with E-state index in [-0.39, 0.29) is 23.5 Å². The first-order chi connectivity index (χ1) is 8.54. The van der Waals surface area contributed by atoms with Crippen molar-refractivity contribution in [1.82, 2.24) is 10.6 Å². The maximum atomic E-state index is 11.9. The highest BCUT2D eigenvalue weighted by Gasteiger charge is 2.49. The van der Waals surface area contributed by atoms with Gasteiger partial charge in [0.05, 0.1) is 6.10 Å². The first-order valence-corrected chi connectivity index (χ1v) is 7.09. The molecule has 3 atom stereocenters. The van der Waals surface area contributed by atoms with Gasteiger partial charge in [-0.15, -0.1) is 0 Å². The third-order valence-corrected chi connectivity index (χ3v) is 4.68. The summed E-state index contributed by atoms with van der Waals surface area (Å²) < 4.78 is 5.39. The summed E-state index contributed by atoms with van der Waals surface area (Å²) >= 11 is 0. The molecule has 2 N–H and O–H groups in total. The lowest BCUT2D eigenvalue weighted by Gasteiger charge is -2.51. The molecule has 2 rings (SSSR count). The van der Waals surface area contributed by atoms with Gasteiger partial charge >= 0.3 is 0 Å². The van der Waals surface area contributed by atoms with Crippen LogP contribution in [0.2, 0.25) is 0 Å². The van der Waals surface area contributed by atoms with E-state index in [0.717, 1.165) is 19.4 Å². The number of carbonyl (C=O) groups excluding carboxylic acids is 1. The van der Waals surface area contributed by atoms with Gasteiger partial charge < -0.3 is 15.4 Å². The van der Waals surface area contributed by atoms with E-state index in [0.29, 0.717) is 12.5 Å². The Morgan fingerprint density at radius 3 is 2.83 bits per heavy atom. The minimum absolute atomic E-state index is 0.0655. The van der Waals surface area contributed by atoms with Gasteiger partial charge in [0.15, 0.2) is 0 Å². The van der Waals surface area contributed by atoms with Crippen LogP contribution in [-0.2, 0) is 9.53 Å². The molecular weight excluding hydrogens is 228 g/mol. The topological polar surface area (TPSA) is 50.4 Å². The van der Waals surface area contributed by atoms with Crippen LogP contribution >= 0.6 is 0 Å². The highest BCUT2D eigenvalue weighted by atomic mass is 16.5. The summed E-state index contributed by atoms with van der Waals surface area (Å²) in [6, 6.07) is 0.823. The van der Waals surface area contributed by atoms with E-state index >= 15 is 0 Å². The first-order valence-electron chi connectivity index (χ1n) is 7.09. The van der Waals surface area contributed by atoms with Crippen LogP contribution in [0.4, 0.5) is 0 Å². The van der Waals surface area contributed by atoms with E-state index < -0.39 is 0 Å². The van der Waals surface area contributed by atoms with Crippen LogP contribution in [0.3, 0.4) is 0 Å². The summed E-state index contributed by atoms with van der Waals surface area (Å²) in [6.07, 6.45) is 5.29. The van der Waals surface area contributed by atoms with Crippen molar-refractivity contribution in [3.8, 4) is 0 Å². The number of amides is 1. The summed E-state index contributed by atoms with van der Waals surface area (Å²) in [4.78, 5) is 11.9. The predicted molar refractivity (Wildman–Crippen MR) is 71.4 cm³/mol. The molecule has 0 radical (unpaired) electrons. The van der Waals surface area contributed by atoms with Crippen LogP contribution in [0.25, 0.3) is 0 Å². The van der Waals surface area contributed by atoms with Gasteiger partial charge in [-0.2, -0.15) is 0 Å². The highest BCUT2D eigenvalue weighted by molar-refractivity contribution is 5.76. The normalized spacial score (nSPS) is 34.1. The van der Waals surface area contributed by atoms with Gasteiger partial charge in [-0.3, -0.25) is 4.79 Å². The number of nitrogens with one attached hydrogen (secondary N) is 2. The van der Waals surface area contributed by atoms with E-state index in [1.807, 2.05) is 0 Å². The van der Waals surface area contributed by atoms with Crippen LogP contribution in [0, 0.1) is 5.41 Å². The average Bonchev–Trinajstić information content (AvgIpc) is 2.84. The highest BCUT2D eigenvalue weighted by Crippen LogP contribution is 2.42. The molecule has 4 heteroatoms. The molecule has 1 saturated heterocycles. The number of hydrogen-bond acceptors (Lipinski definition) is 3. The molecular formula is C14H26N2O2. The van der Waals surface area contributed by atoms with Gasteiger partial charge in [0.1, 0.15) is 0 Å². The van der Waals surface area contributed by atoms with Crippen molar-refractivity contribution in [3.63, 3.8) is 0 Å². The molecule has 0 spiro atoms. The Kier molecular flexibility index (Phi) is 4.28. The molecule has 1 aliphatic heterocycles. The number of carbonyl (C=O) groups is 1. The third-order valence-electron chi connectivity index (χ3n) is 4.68. The van der Waals surface area contributed by atoms with Crippen molar-refractivity contribution >= 4 is 5.91 Å². The largest absolute Gasteiger partial charge is 0.381 e. The molecule has 1 saturated carbocycles. The van der Waals surface area contributed by atoms with Gasteiger partial charge in [0, 0.05) is 31.0 Å². The van der Waals surface area contributed by atoms with Crippen LogP contribution in [0.15, 0.2) is 0 Å². The van der Waals surface area contributed by atoms with Gasteiger partial charge in [-0.05, 0) is 32.2 Å². The molecule has 0 bridgehead atoms. The van der Waals surface area contributed by atoms with E-state index in [2.05, 4.69) is 24.5 Å². The van der Waals surface area contributed by atoms with Crippen LogP contribution < -0.4 is 10.6 Å². The van der Waals surface area contributed by atoms with Gasteiger partial charge in [0.25, 0.3) is 0 Å². The first kappa shape index (κ1) is 13.8. The minimum atomic E-state index is 0.0655. The van der Waals surface area contributed by atoms with Crippen molar-refractivity contribution in [2.45, 2.75) is 64.1 Å². The Labute approximate surface area is 110 Å². The molecule has 1 amide bonds. The average molecular weight is 254 g/mol. The van der Waals surface area contributed by atoms with Crippen molar-refractivity contribution in [1.29, 1.82) is 0 Å². The second-order valence-electron chi connectivity index (χ2n) is 6.23. The lowest BCUT2D eigenvalue weighted by molar-refractivity contribution is -0.132. The molecule has 0 aromatic rings. The molecule has 104 valence electrons. The van der Waals surface area contributed by atoms with Gasteiger partial charge in [-0.1, -0.05) is 13.8 Å². The summed E-state index contributed by atoms with van der Waals surface area (Å²) in [7, 11) is 1.75. The molecule has 4 nitrogen and oxygen atoms in total. The monoisotopic (exact) mass is 254 g/mol. The fourth-order valence-corrected chi connectivity index (χ4v) is 3.11. The zero-order valence-corrected chi connectivity index (χ0v) is 11.8. The Morgan fingerprint density at radius 2 is 2.28 bits per heavy atom. The Morgan fingerprint density at radius 1 is 1.50 bits per heavy atom. The fourth-order valence-electron chi connectivity index (χ4n) is 3.11. The lowest BCUT2D eigenvalue weighted by Crippen LogP contribution is -2.61. The molecule has 1 aliphatic carbocycles. The second-order valence-corrected chi connectivity index (χ2v) is 6.23. The third kappa shape index (κ3) is 2.86. The Bertz CT molecular complexity index is 298. The van der Waals surface area contributed by atoms with E-state index in [1.165, 1.54) is 12.8 Å². The molecule has 2 aliphatic rings. The zero-order chi connectivity index (χ0) is 13.2. The fraction of sp³-hybridized carbons (Fsp3) is 0.929. The van der Waals surface area contributed by atoms with Gasteiger partial charge in [-0.25, -0.2) is 0 Å². The summed E-state index contributed by atoms with van der Waals surface area (Å²) in [5, 5.41) is 6.57. The standard InChI is InChI=1S/C14H26N2O2/c1-14(2)11(9-12(14)18-3)16-13(17)7-6-10-5-4-8-15-10/h10-12,15H,4-9H2,1-3H3,(H,16,17). The minimum Gasteiger partial charge on any atom is -0.381 e. The smallest absolute Gasteiger partial charge is 0.220 e. The maximum absolute atomic E-state index is 11.9. The van der Waals surface area contributed by atoms with E-state index in [9.17, 15) is 4.79 Å². The number of methoxy groups -OCH3 is 1. The number of hydrogen-bond donors (Lipinski definition) is 2. The molecule has 0 aromatic heterocycles. The second kappa shape index (κ2) is 5.57. The van der Waals surface area contributed by atoms with E-state index in [1.54, 1.807) is 7.11 Å². The molecule has 2 fully saturated rings. The molecule has 3 unspecified atom stereocenters. The summed E-state index contributed by atoms with van der Waals surface area (Å²) in [5.41, 5.74) is 0.0655. The van der Waals surface area contributed by atoms with Crippen molar-refractivity contribution in [2.75, 3.05) is 13.7 Å². The molecule has 18 heavy (non-hydrogen) atoms. The SMILES string of the molecule is COC1CC(NC(=O)CCC2CCCN2)C1(C)C. The lowest BCUT2D eigenvalue weighted by atomic mass is 9.64. The maximum Gasteiger partial charge on any atom is 0.220 e. The van der Waals surface area contributed by atoms with Crippen LogP contribution in [0.1, 0.15) is 46.0 Å². The van der Waals surface area contributed by atoms with E-state index in [4.69, 9.17) is 4.74 Å².